The lowest BCUT2D eigenvalue weighted by Gasteiger charge is -2.26. The van der Waals surface area contributed by atoms with Gasteiger partial charge in [-0.3, -0.25) is 0 Å². The van der Waals surface area contributed by atoms with Crippen molar-refractivity contribution in [3.8, 4) is 0 Å². The Morgan fingerprint density at radius 1 is 1.33 bits per heavy atom. The van der Waals surface area contributed by atoms with Gasteiger partial charge >= 0.3 is 0 Å². The van der Waals surface area contributed by atoms with Crippen molar-refractivity contribution in [3.63, 3.8) is 0 Å². The van der Waals surface area contributed by atoms with Crippen LogP contribution in [0.4, 0.5) is 0 Å². The fourth-order valence-corrected chi connectivity index (χ4v) is 2.21. The maximum Gasteiger partial charge on any atom is 0.0362 e. The van der Waals surface area contributed by atoms with Crippen LogP contribution in [0.1, 0.15) is 32.9 Å². The molecule has 0 aliphatic rings. The van der Waals surface area contributed by atoms with Crippen molar-refractivity contribution < 1.29 is 0 Å². The first-order valence-corrected chi connectivity index (χ1v) is 7.06. The third kappa shape index (κ3) is 4.83. The molecule has 0 bridgehead atoms. The molecular formula is C15H29N3. The van der Waals surface area contributed by atoms with E-state index in [1.807, 2.05) is 0 Å². The molecule has 0 aliphatic heterocycles. The van der Waals surface area contributed by atoms with Gasteiger partial charge in [-0.15, -0.1) is 0 Å². The lowest BCUT2D eigenvalue weighted by atomic mass is 10.0. The van der Waals surface area contributed by atoms with Crippen LogP contribution in [-0.2, 0) is 13.1 Å². The van der Waals surface area contributed by atoms with Crippen molar-refractivity contribution in [2.75, 3.05) is 20.6 Å². The summed E-state index contributed by atoms with van der Waals surface area (Å²) in [6.07, 6.45) is 3.36. The molecule has 0 saturated carbocycles. The predicted octanol–water partition coefficient (Wildman–Crippen LogP) is 2.57. The lowest BCUT2D eigenvalue weighted by molar-refractivity contribution is 0.286. The molecule has 104 valence electrons. The topological polar surface area (TPSA) is 20.2 Å². The summed E-state index contributed by atoms with van der Waals surface area (Å²) in [4.78, 5) is 2.25. The zero-order valence-corrected chi connectivity index (χ0v) is 12.6. The molecule has 0 saturated heterocycles. The number of hydrogen-bond donors (Lipinski definition) is 1. The molecule has 1 aromatic rings. The van der Waals surface area contributed by atoms with Crippen molar-refractivity contribution in [1.29, 1.82) is 0 Å². The second-order valence-electron chi connectivity index (χ2n) is 5.69. The lowest BCUT2D eigenvalue weighted by Crippen LogP contribution is -2.41. The zero-order valence-electron chi connectivity index (χ0n) is 12.6. The molecule has 0 aliphatic carbocycles. The molecule has 1 atom stereocenters. The predicted molar refractivity (Wildman–Crippen MR) is 78.7 cm³/mol. The summed E-state index contributed by atoms with van der Waals surface area (Å²) in [5.41, 5.74) is 1.39. The van der Waals surface area contributed by atoms with E-state index in [1.165, 1.54) is 12.1 Å². The van der Waals surface area contributed by atoms with Gasteiger partial charge in [0.25, 0.3) is 0 Å². The maximum absolute atomic E-state index is 3.69. The Labute approximate surface area is 112 Å². The highest BCUT2D eigenvalue weighted by Gasteiger charge is 2.14. The Morgan fingerprint density at radius 2 is 2.06 bits per heavy atom. The average Bonchev–Trinajstić information content (AvgIpc) is 2.71. The van der Waals surface area contributed by atoms with Crippen LogP contribution >= 0.6 is 0 Å². The van der Waals surface area contributed by atoms with E-state index in [4.69, 9.17) is 0 Å². The van der Waals surface area contributed by atoms with Crippen molar-refractivity contribution in [2.45, 2.75) is 46.3 Å². The molecular weight excluding hydrogens is 222 g/mol. The number of likely N-dealkylation sites (N-methyl/N-ethyl adjacent to an activating group) is 1. The Kier molecular flexibility index (Phi) is 6.44. The minimum absolute atomic E-state index is 0.546. The number of nitrogens with one attached hydrogen (secondary N) is 1. The minimum atomic E-state index is 0.546. The van der Waals surface area contributed by atoms with Crippen molar-refractivity contribution in [3.05, 3.63) is 24.0 Å². The smallest absolute Gasteiger partial charge is 0.0362 e. The van der Waals surface area contributed by atoms with Gasteiger partial charge in [0, 0.05) is 37.6 Å². The molecule has 3 nitrogen and oxygen atoms in total. The largest absolute Gasteiger partial charge is 0.350 e. The fourth-order valence-electron chi connectivity index (χ4n) is 2.21. The highest BCUT2D eigenvalue weighted by atomic mass is 15.1. The zero-order chi connectivity index (χ0) is 13.5. The number of rotatable bonds is 8. The molecule has 1 aromatic heterocycles. The van der Waals surface area contributed by atoms with Gasteiger partial charge in [-0.05, 0) is 38.6 Å². The molecule has 0 radical (unpaired) electrons. The first kappa shape index (κ1) is 15.3. The van der Waals surface area contributed by atoms with Crippen molar-refractivity contribution in [2.24, 2.45) is 5.92 Å². The van der Waals surface area contributed by atoms with E-state index in [0.717, 1.165) is 19.6 Å². The van der Waals surface area contributed by atoms with Crippen LogP contribution in [0, 0.1) is 5.92 Å². The molecule has 3 heteroatoms. The Bertz CT molecular complexity index is 328. The summed E-state index contributed by atoms with van der Waals surface area (Å²) in [5.74, 6) is 0.655. The molecule has 0 amide bonds. The second-order valence-corrected chi connectivity index (χ2v) is 5.69. The average molecular weight is 251 g/mol. The van der Waals surface area contributed by atoms with E-state index < -0.39 is 0 Å². The minimum Gasteiger partial charge on any atom is -0.350 e. The molecule has 0 fully saturated rings. The Hall–Kier alpha value is -0.800. The standard InChI is InChI=1S/C15H29N3/c1-6-9-18-10-7-8-14(18)11-16-15(13(2)3)12-17(4)5/h7-8,10,13,15-16H,6,9,11-12H2,1-5H3. The third-order valence-corrected chi connectivity index (χ3v) is 3.30. The second kappa shape index (κ2) is 7.59. The van der Waals surface area contributed by atoms with Gasteiger partial charge in [0.15, 0.2) is 0 Å². The van der Waals surface area contributed by atoms with Crippen molar-refractivity contribution >= 4 is 0 Å². The van der Waals surface area contributed by atoms with Gasteiger partial charge in [-0.2, -0.15) is 0 Å². The highest BCUT2D eigenvalue weighted by molar-refractivity contribution is 5.07. The van der Waals surface area contributed by atoms with Gasteiger partial charge in [0.05, 0.1) is 0 Å². The highest BCUT2D eigenvalue weighted by Crippen LogP contribution is 2.07. The number of nitrogens with zero attached hydrogens (tertiary/aromatic N) is 2. The van der Waals surface area contributed by atoms with Crippen molar-refractivity contribution in [1.82, 2.24) is 14.8 Å². The van der Waals surface area contributed by atoms with Crippen LogP contribution in [0.15, 0.2) is 18.3 Å². The fraction of sp³-hybridized carbons (Fsp3) is 0.733. The molecule has 1 heterocycles. The number of aryl methyl sites for hydroxylation is 1. The van der Waals surface area contributed by atoms with E-state index >= 15 is 0 Å². The van der Waals surface area contributed by atoms with E-state index in [0.29, 0.717) is 12.0 Å². The number of aromatic nitrogens is 1. The Morgan fingerprint density at radius 3 is 2.61 bits per heavy atom. The first-order chi connectivity index (χ1) is 8.54. The molecule has 0 spiro atoms. The molecule has 1 N–H and O–H groups in total. The SMILES string of the molecule is CCCn1cccc1CNC(CN(C)C)C(C)C. The summed E-state index contributed by atoms with van der Waals surface area (Å²) >= 11 is 0. The number of hydrogen-bond acceptors (Lipinski definition) is 2. The summed E-state index contributed by atoms with van der Waals surface area (Å²) in [6, 6.07) is 4.91. The van der Waals surface area contributed by atoms with Crippen LogP contribution in [0.25, 0.3) is 0 Å². The van der Waals surface area contributed by atoms with E-state index in [-0.39, 0.29) is 0 Å². The van der Waals surface area contributed by atoms with Gasteiger partial charge in [-0.25, -0.2) is 0 Å². The summed E-state index contributed by atoms with van der Waals surface area (Å²) in [5, 5.41) is 3.69. The maximum atomic E-state index is 3.69. The van der Waals surface area contributed by atoms with Gasteiger partial charge < -0.3 is 14.8 Å². The Balaban J connectivity index is 2.53. The van der Waals surface area contributed by atoms with E-state index in [2.05, 4.69) is 68.0 Å². The summed E-state index contributed by atoms with van der Waals surface area (Å²) in [6.45, 7) is 9.96. The monoisotopic (exact) mass is 251 g/mol. The van der Waals surface area contributed by atoms with E-state index in [9.17, 15) is 0 Å². The third-order valence-electron chi connectivity index (χ3n) is 3.30. The quantitative estimate of drug-likeness (QED) is 0.766. The molecule has 1 unspecified atom stereocenters. The first-order valence-electron chi connectivity index (χ1n) is 7.06. The van der Waals surface area contributed by atoms with Gasteiger partial charge in [0.1, 0.15) is 0 Å². The molecule has 0 aromatic carbocycles. The summed E-state index contributed by atoms with van der Waals surface area (Å²) in [7, 11) is 4.27. The summed E-state index contributed by atoms with van der Waals surface area (Å²) < 4.78 is 2.35. The normalized spacial score (nSPS) is 13.5. The van der Waals surface area contributed by atoms with Crippen LogP contribution in [0.5, 0.6) is 0 Å². The van der Waals surface area contributed by atoms with Crippen LogP contribution in [0.2, 0.25) is 0 Å². The van der Waals surface area contributed by atoms with Gasteiger partial charge in [0.2, 0.25) is 0 Å². The molecule has 18 heavy (non-hydrogen) atoms. The van der Waals surface area contributed by atoms with Crippen LogP contribution < -0.4 is 5.32 Å². The molecule has 1 rings (SSSR count). The van der Waals surface area contributed by atoms with Crippen LogP contribution in [-0.4, -0.2) is 36.1 Å². The van der Waals surface area contributed by atoms with Gasteiger partial charge in [-0.1, -0.05) is 20.8 Å². The van der Waals surface area contributed by atoms with Crippen LogP contribution in [0.3, 0.4) is 0 Å². The van der Waals surface area contributed by atoms with E-state index in [1.54, 1.807) is 0 Å².